The minimum absolute atomic E-state index is 0.103. The van der Waals surface area contributed by atoms with E-state index in [1.807, 2.05) is 0 Å². The predicted molar refractivity (Wildman–Crippen MR) is 128 cm³/mol. The van der Waals surface area contributed by atoms with Gasteiger partial charge in [-0.25, -0.2) is 4.39 Å². The first-order chi connectivity index (χ1) is 16.6. The number of hydrogen-bond acceptors (Lipinski definition) is 5. The number of likely N-dealkylation sites (tertiary alicyclic amines) is 1. The van der Waals surface area contributed by atoms with Crippen LogP contribution in [0.15, 0.2) is 48.5 Å². The van der Waals surface area contributed by atoms with Crippen molar-refractivity contribution in [2.75, 3.05) is 32.8 Å². The fourth-order valence-corrected chi connectivity index (χ4v) is 5.77. The molecule has 0 bridgehead atoms. The van der Waals surface area contributed by atoms with E-state index in [0.29, 0.717) is 31.3 Å². The standard InChI is InChI=1S/C28H30FNO4/c29-21-14-20-5-3-13-32-27(20)26(15-21)33-17-22(31)16-30-11-9-28(10-12-30)25-8-7-19-4-1-2-6-23(19)24(25)18-34-28/h1-2,4,6-8,14-15,22,31H,3,5,9-13,16-18H2. The molecular formula is C28H30FNO4. The van der Waals surface area contributed by atoms with Gasteiger partial charge in [-0.3, -0.25) is 0 Å². The first-order valence-corrected chi connectivity index (χ1v) is 12.2. The highest BCUT2D eigenvalue weighted by Gasteiger charge is 2.43. The molecule has 1 unspecified atom stereocenters. The van der Waals surface area contributed by atoms with Crippen LogP contribution in [0.3, 0.4) is 0 Å². The zero-order valence-electron chi connectivity index (χ0n) is 19.3. The molecule has 3 aliphatic rings. The molecule has 3 aliphatic heterocycles. The number of aryl methyl sites for hydroxylation is 1. The van der Waals surface area contributed by atoms with E-state index in [9.17, 15) is 9.50 Å². The maximum absolute atomic E-state index is 14.0. The van der Waals surface area contributed by atoms with Gasteiger partial charge in [0.25, 0.3) is 0 Å². The maximum Gasteiger partial charge on any atom is 0.164 e. The van der Waals surface area contributed by atoms with Crippen molar-refractivity contribution in [3.8, 4) is 11.5 Å². The number of aliphatic hydroxyl groups excluding tert-OH is 1. The number of rotatable bonds is 5. The first-order valence-electron chi connectivity index (χ1n) is 12.2. The van der Waals surface area contributed by atoms with Crippen LogP contribution in [-0.2, 0) is 23.4 Å². The number of aliphatic hydroxyl groups is 1. The van der Waals surface area contributed by atoms with Crippen molar-refractivity contribution in [1.29, 1.82) is 0 Å². The summed E-state index contributed by atoms with van der Waals surface area (Å²) in [5, 5.41) is 13.2. The van der Waals surface area contributed by atoms with Gasteiger partial charge in [-0.05, 0) is 53.6 Å². The van der Waals surface area contributed by atoms with Crippen molar-refractivity contribution in [2.24, 2.45) is 0 Å². The summed E-state index contributed by atoms with van der Waals surface area (Å²) < 4.78 is 31.9. The Labute approximate surface area is 199 Å². The van der Waals surface area contributed by atoms with E-state index in [1.54, 1.807) is 0 Å². The lowest BCUT2D eigenvalue weighted by Crippen LogP contribution is -2.46. The molecule has 1 atom stereocenters. The summed E-state index contributed by atoms with van der Waals surface area (Å²) >= 11 is 0. The van der Waals surface area contributed by atoms with Crippen LogP contribution in [0.2, 0.25) is 0 Å². The molecule has 3 aromatic rings. The molecule has 3 aromatic carbocycles. The van der Waals surface area contributed by atoms with Crippen LogP contribution < -0.4 is 9.47 Å². The SMILES string of the molecule is OC(COc1cc(F)cc2c1OCCC2)CN1CCC2(CC1)OCc1c2ccc2ccccc12. The van der Waals surface area contributed by atoms with Crippen LogP contribution in [0.25, 0.3) is 10.8 Å². The summed E-state index contributed by atoms with van der Waals surface area (Å²) in [6, 6.07) is 15.8. The molecule has 0 aromatic heterocycles. The molecular weight excluding hydrogens is 433 g/mol. The second-order valence-electron chi connectivity index (χ2n) is 9.71. The number of halogens is 1. The monoisotopic (exact) mass is 463 g/mol. The Morgan fingerprint density at radius 3 is 2.85 bits per heavy atom. The lowest BCUT2D eigenvalue weighted by Gasteiger charge is -2.40. The van der Waals surface area contributed by atoms with Crippen LogP contribution >= 0.6 is 0 Å². The quantitative estimate of drug-likeness (QED) is 0.601. The van der Waals surface area contributed by atoms with Gasteiger partial charge in [0.2, 0.25) is 0 Å². The van der Waals surface area contributed by atoms with Gasteiger partial charge in [0.15, 0.2) is 11.5 Å². The minimum atomic E-state index is -0.669. The summed E-state index contributed by atoms with van der Waals surface area (Å²) in [7, 11) is 0. The third kappa shape index (κ3) is 3.94. The molecule has 1 spiro atoms. The number of benzene rings is 3. The van der Waals surface area contributed by atoms with Gasteiger partial charge in [-0.1, -0.05) is 36.4 Å². The van der Waals surface area contributed by atoms with Gasteiger partial charge < -0.3 is 24.2 Å². The second kappa shape index (κ2) is 8.84. The highest BCUT2D eigenvalue weighted by Crippen LogP contribution is 2.46. The van der Waals surface area contributed by atoms with Gasteiger partial charge in [-0.15, -0.1) is 0 Å². The van der Waals surface area contributed by atoms with Gasteiger partial charge in [0, 0.05) is 31.3 Å². The zero-order valence-corrected chi connectivity index (χ0v) is 19.3. The van der Waals surface area contributed by atoms with E-state index in [-0.39, 0.29) is 18.0 Å². The summed E-state index contributed by atoms with van der Waals surface area (Å²) in [5.41, 5.74) is 3.25. The lowest BCUT2D eigenvalue weighted by molar-refractivity contribution is -0.0835. The smallest absolute Gasteiger partial charge is 0.164 e. The predicted octanol–water partition coefficient (Wildman–Crippen LogP) is 4.57. The average molecular weight is 464 g/mol. The topological polar surface area (TPSA) is 51.2 Å². The van der Waals surface area contributed by atoms with Crippen LogP contribution in [0.4, 0.5) is 4.39 Å². The van der Waals surface area contributed by atoms with Crippen molar-refractivity contribution in [3.63, 3.8) is 0 Å². The molecule has 6 heteroatoms. The fourth-order valence-electron chi connectivity index (χ4n) is 5.77. The summed E-state index contributed by atoms with van der Waals surface area (Å²) in [5.74, 6) is 0.665. The lowest BCUT2D eigenvalue weighted by atomic mass is 9.82. The van der Waals surface area contributed by atoms with Gasteiger partial charge in [0.05, 0.1) is 18.8 Å². The van der Waals surface area contributed by atoms with Crippen molar-refractivity contribution in [1.82, 2.24) is 4.90 Å². The Hall–Kier alpha value is -2.67. The maximum atomic E-state index is 14.0. The summed E-state index contributed by atoms with van der Waals surface area (Å²) in [4.78, 5) is 2.26. The molecule has 0 saturated carbocycles. The Bertz CT molecular complexity index is 1200. The molecule has 34 heavy (non-hydrogen) atoms. The fraction of sp³-hybridized carbons (Fsp3) is 0.429. The van der Waals surface area contributed by atoms with E-state index in [0.717, 1.165) is 44.3 Å². The van der Waals surface area contributed by atoms with Gasteiger partial charge >= 0.3 is 0 Å². The second-order valence-corrected chi connectivity index (χ2v) is 9.71. The molecule has 178 valence electrons. The molecule has 3 heterocycles. The van der Waals surface area contributed by atoms with Crippen molar-refractivity contribution >= 4 is 10.8 Å². The molecule has 6 rings (SSSR count). The van der Waals surface area contributed by atoms with E-state index in [1.165, 1.54) is 34.0 Å². The third-order valence-corrected chi connectivity index (χ3v) is 7.52. The van der Waals surface area contributed by atoms with Crippen molar-refractivity contribution < 1.29 is 23.7 Å². The highest BCUT2D eigenvalue weighted by molar-refractivity contribution is 5.87. The summed E-state index contributed by atoms with van der Waals surface area (Å²) in [6.07, 6.45) is 2.79. The van der Waals surface area contributed by atoms with Crippen molar-refractivity contribution in [3.05, 3.63) is 71.0 Å². The Morgan fingerprint density at radius 1 is 1.12 bits per heavy atom. The van der Waals surface area contributed by atoms with E-state index in [2.05, 4.69) is 41.3 Å². The number of β-amino-alcohol motifs (C(OH)–C–C–N with tert-alkyl or cyclic N) is 1. The summed E-state index contributed by atoms with van der Waals surface area (Å²) in [6.45, 7) is 3.58. The normalized spacial score (nSPS) is 20.1. The van der Waals surface area contributed by atoms with Crippen LogP contribution in [0.5, 0.6) is 11.5 Å². The molecule has 0 radical (unpaired) electrons. The number of ether oxygens (including phenoxy) is 3. The highest BCUT2D eigenvalue weighted by atomic mass is 19.1. The molecule has 5 nitrogen and oxygen atoms in total. The number of piperidine rings is 1. The third-order valence-electron chi connectivity index (χ3n) is 7.52. The largest absolute Gasteiger partial charge is 0.489 e. The molecule has 0 amide bonds. The molecule has 1 N–H and O–H groups in total. The zero-order chi connectivity index (χ0) is 23.1. The van der Waals surface area contributed by atoms with Crippen LogP contribution in [0, 0.1) is 5.82 Å². The Kier molecular flexibility index (Phi) is 5.68. The average Bonchev–Trinajstić information content (AvgIpc) is 3.22. The van der Waals surface area contributed by atoms with Crippen LogP contribution in [-0.4, -0.2) is 49.0 Å². The van der Waals surface area contributed by atoms with Crippen LogP contribution in [0.1, 0.15) is 36.0 Å². The van der Waals surface area contributed by atoms with E-state index in [4.69, 9.17) is 14.2 Å². The van der Waals surface area contributed by atoms with Crippen molar-refractivity contribution in [2.45, 2.75) is 44.0 Å². The number of nitrogens with zero attached hydrogens (tertiary/aromatic N) is 1. The number of fused-ring (bicyclic) bond motifs is 5. The van der Waals surface area contributed by atoms with Gasteiger partial charge in [-0.2, -0.15) is 0 Å². The minimum Gasteiger partial charge on any atom is -0.489 e. The van der Waals surface area contributed by atoms with Gasteiger partial charge in [0.1, 0.15) is 18.5 Å². The Morgan fingerprint density at radius 2 is 1.97 bits per heavy atom. The van der Waals surface area contributed by atoms with E-state index >= 15 is 0 Å². The molecule has 1 saturated heterocycles. The van der Waals surface area contributed by atoms with E-state index < -0.39 is 6.10 Å². The number of hydrogen-bond donors (Lipinski definition) is 1. The first kappa shape index (κ1) is 21.8. The Balaban J connectivity index is 1.07. The molecule has 0 aliphatic carbocycles. The molecule has 1 fully saturated rings.